The Labute approximate surface area is 167 Å². The van der Waals surface area contributed by atoms with Crippen LogP contribution < -0.4 is 10.6 Å². The number of aromatic amines is 1. The van der Waals surface area contributed by atoms with Crippen LogP contribution in [0.1, 0.15) is 35.7 Å². The van der Waals surface area contributed by atoms with Gasteiger partial charge in [0.25, 0.3) is 0 Å². The predicted octanol–water partition coefficient (Wildman–Crippen LogP) is 5.65. The highest BCUT2D eigenvalue weighted by Gasteiger charge is 2.31. The summed E-state index contributed by atoms with van der Waals surface area (Å²) in [7, 11) is 0. The Morgan fingerprint density at radius 2 is 1.82 bits per heavy atom. The topological polar surface area (TPSA) is 78.5 Å². The third-order valence-electron chi connectivity index (χ3n) is 4.21. The zero-order chi connectivity index (χ0) is 19.9. The second-order valence-electron chi connectivity index (χ2n) is 6.68. The summed E-state index contributed by atoms with van der Waals surface area (Å²) in [6.07, 6.45) is -2.12. The minimum absolute atomic E-state index is 0.187. The summed E-state index contributed by atoms with van der Waals surface area (Å²) in [5.74, 6) is 1.86. The summed E-state index contributed by atoms with van der Waals surface area (Å²) in [4.78, 5) is 8.58. The van der Waals surface area contributed by atoms with Gasteiger partial charge in [-0.3, -0.25) is 5.10 Å². The molecule has 4 rings (SSSR count). The fraction of sp³-hybridized carbons (Fsp3) is 0.278. The fourth-order valence-electron chi connectivity index (χ4n) is 2.78. The largest absolute Gasteiger partial charge is 0.416 e. The molecule has 3 aromatic rings. The van der Waals surface area contributed by atoms with Crippen LogP contribution in [0, 0.1) is 6.92 Å². The SMILES string of the molecule is Cc1cc(Nc2cc(C3CC3)[nH]n2)nc(Nc2cc(Br)cc(C(F)(F)F)c2)n1. The van der Waals surface area contributed by atoms with E-state index in [1.165, 1.54) is 6.07 Å². The molecule has 0 amide bonds. The molecule has 0 radical (unpaired) electrons. The van der Waals surface area contributed by atoms with E-state index in [0.29, 0.717) is 27.7 Å². The Balaban J connectivity index is 1.56. The Bertz CT molecular complexity index is 1010. The molecule has 1 aliphatic rings. The number of nitrogens with one attached hydrogen (secondary N) is 3. The van der Waals surface area contributed by atoms with E-state index in [1.54, 1.807) is 13.0 Å². The van der Waals surface area contributed by atoms with Crippen molar-refractivity contribution < 1.29 is 13.2 Å². The summed E-state index contributed by atoms with van der Waals surface area (Å²) in [6, 6.07) is 7.23. The molecule has 0 spiro atoms. The van der Waals surface area contributed by atoms with Crippen LogP contribution in [-0.2, 0) is 6.18 Å². The maximum absolute atomic E-state index is 13.0. The van der Waals surface area contributed by atoms with Crippen LogP contribution >= 0.6 is 15.9 Å². The minimum Gasteiger partial charge on any atom is -0.324 e. The van der Waals surface area contributed by atoms with Crippen LogP contribution in [0.5, 0.6) is 0 Å². The van der Waals surface area contributed by atoms with Crippen LogP contribution in [0.15, 0.2) is 34.8 Å². The molecule has 1 aliphatic carbocycles. The Morgan fingerprint density at radius 1 is 1.04 bits per heavy atom. The van der Waals surface area contributed by atoms with Gasteiger partial charge in [0, 0.05) is 39.6 Å². The normalized spacial score (nSPS) is 14.2. The van der Waals surface area contributed by atoms with Crippen molar-refractivity contribution in [2.75, 3.05) is 10.6 Å². The molecule has 2 heterocycles. The molecule has 0 atom stereocenters. The molecule has 28 heavy (non-hydrogen) atoms. The number of aryl methyl sites for hydroxylation is 1. The standard InChI is InChI=1S/C18H16BrF3N6/c1-9-4-15(25-16-8-14(27-28-16)10-2-3-10)26-17(23-9)24-13-6-11(18(20,21)22)5-12(19)7-13/h4-8,10H,2-3H2,1H3,(H3,23,24,25,26,27,28). The number of aromatic nitrogens is 4. The minimum atomic E-state index is -4.44. The quantitative estimate of drug-likeness (QED) is 0.465. The van der Waals surface area contributed by atoms with Crippen molar-refractivity contribution in [1.82, 2.24) is 20.2 Å². The lowest BCUT2D eigenvalue weighted by Crippen LogP contribution is -2.07. The van der Waals surface area contributed by atoms with Gasteiger partial charge in [0.2, 0.25) is 5.95 Å². The molecule has 1 aromatic carbocycles. The van der Waals surface area contributed by atoms with E-state index in [9.17, 15) is 13.2 Å². The highest BCUT2D eigenvalue weighted by Crippen LogP contribution is 2.39. The van der Waals surface area contributed by atoms with Crippen LogP contribution in [0.2, 0.25) is 0 Å². The first-order valence-corrected chi connectivity index (χ1v) is 9.38. The molecular weight excluding hydrogens is 437 g/mol. The molecule has 1 saturated carbocycles. The number of hydrogen-bond donors (Lipinski definition) is 3. The summed E-state index contributed by atoms with van der Waals surface area (Å²) >= 11 is 3.11. The molecule has 0 saturated heterocycles. The van der Waals surface area contributed by atoms with Gasteiger partial charge in [-0.15, -0.1) is 0 Å². The van der Waals surface area contributed by atoms with Crippen molar-refractivity contribution in [3.8, 4) is 0 Å². The van der Waals surface area contributed by atoms with Gasteiger partial charge >= 0.3 is 6.18 Å². The van der Waals surface area contributed by atoms with Crippen molar-refractivity contribution in [1.29, 1.82) is 0 Å². The average Bonchev–Trinajstić information content (AvgIpc) is 3.33. The van der Waals surface area contributed by atoms with Gasteiger partial charge in [-0.05, 0) is 38.0 Å². The maximum Gasteiger partial charge on any atom is 0.416 e. The number of halogens is 4. The van der Waals surface area contributed by atoms with Crippen LogP contribution in [0.4, 0.5) is 36.4 Å². The highest BCUT2D eigenvalue weighted by atomic mass is 79.9. The van der Waals surface area contributed by atoms with E-state index in [2.05, 4.69) is 46.7 Å². The Morgan fingerprint density at radius 3 is 2.54 bits per heavy atom. The second kappa shape index (κ2) is 7.08. The Kier molecular flexibility index (Phi) is 4.74. The number of hydrogen-bond acceptors (Lipinski definition) is 5. The number of rotatable bonds is 5. The molecule has 0 aliphatic heterocycles. The number of nitrogens with zero attached hydrogens (tertiary/aromatic N) is 3. The van der Waals surface area contributed by atoms with E-state index < -0.39 is 11.7 Å². The smallest absolute Gasteiger partial charge is 0.324 e. The molecule has 146 valence electrons. The maximum atomic E-state index is 13.0. The monoisotopic (exact) mass is 452 g/mol. The first-order chi connectivity index (χ1) is 13.3. The summed E-state index contributed by atoms with van der Waals surface area (Å²) in [5.41, 5.74) is 1.21. The molecular formula is C18H16BrF3N6. The van der Waals surface area contributed by atoms with Crippen molar-refractivity contribution >= 4 is 39.2 Å². The van der Waals surface area contributed by atoms with E-state index in [-0.39, 0.29) is 11.6 Å². The molecule has 1 fully saturated rings. The van der Waals surface area contributed by atoms with E-state index >= 15 is 0 Å². The van der Waals surface area contributed by atoms with Gasteiger partial charge in [-0.2, -0.15) is 23.3 Å². The third-order valence-corrected chi connectivity index (χ3v) is 4.66. The summed E-state index contributed by atoms with van der Waals surface area (Å²) in [6.45, 7) is 1.78. The lowest BCUT2D eigenvalue weighted by molar-refractivity contribution is -0.137. The van der Waals surface area contributed by atoms with Crippen molar-refractivity contribution in [3.05, 3.63) is 51.8 Å². The van der Waals surface area contributed by atoms with E-state index in [4.69, 9.17) is 0 Å². The summed E-state index contributed by atoms with van der Waals surface area (Å²) in [5, 5.41) is 13.2. The lowest BCUT2D eigenvalue weighted by atomic mass is 10.2. The third kappa shape index (κ3) is 4.44. The first kappa shape index (κ1) is 18.7. The van der Waals surface area contributed by atoms with Crippen molar-refractivity contribution in [2.45, 2.75) is 31.9 Å². The van der Waals surface area contributed by atoms with Crippen molar-refractivity contribution in [2.24, 2.45) is 0 Å². The molecule has 10 heteroatoms. The summed E-state index contributed by atoms with van der Waals surface area (Å²) < 4.78 is 39.4. The molecule has 3 N–H and O–H groups in total. The van der Waals surface area contributed by atoms with Crippen molar-refractivity contribution in [3.63, 3.8) is 0 Å². The lowest BCUT2D eigenvalue weighted by Gasteiger charge is -2.12. The molecule has 0 bridgehead atoms. The fourth-order valence-corrected chi connectivity index (χ4v) is 3.27. The van der Waals surface area contributed by atoms with Gasteiger partial charge in [0.1, 0.15) is 5.82 Å². The van der Waals surface area contributed by atoms with Crippen LogP contribution in [0.3, 0.4) is 0 Å². The van der Waals surface area contributed by atoms with Gasteiger partial charge < -0.3 is 10.6 Å². The number of alkyl halides is 3. The predicted molar refractivity (Wildman–Crippen MR) is 103 cm³/mol. The molecule has 6 nitrogen and oxygen atoms in total. The first-order valence-electron chi connectivity index (χ1n) is 8.59. The van der Waals surface area contributed by atoms with Gasteiger partial charge in [0.15, 0.2) is 5.82 Å². The molecule has 0 unspecified atom stereocenters. The van der Waals surface area contributed by atoms with Gasteiger partial charge in [-0.25, -0.2) is 4.98 Å². The number of benzene rings is 1. The Hall–Kier alpha value is -2.62. The van der Waals surface area contributed by atoms with E-state index in [1.807, 2.05) is 6.07 Å². The number of anilines is 4. The number of H-pyrrole nitrogens is 1. The molecule has 2 aromatic heterocycles. The van der Waals surface area contributed by atoms with E-state index in [0.717, 1.165) is 30.7 Å². The zero-order valence-electron chi connectivity index (χ0n) is 14.7. The van der Waals surface area contributed by atoms with Gasteiger partial charge in [0.05, 0.1) is 5.56 Å². The van der Waals surface area contributed by atoms with Gasteiger partial charge in [-0.1, -0.05) is 15.9 Å². The van der Waals surface area contributed by atoms with Crippen LogP contribution in [-0.4, -0.2) is 20.2 Å². The van der Waals surface area contributed by atoms with Crippen LogP contribution in [0.25, 0.3) is 0 Å². The average molecular weight is 453 g/mol. The highest BCUT2D eigenvalue weighted by molar-refractivity contribution is 9.10. The second-order valence-corrected chi connectivity index (χ2v) is 7.59. The zero-order valence-corrected chi connectivity index (χ0v) is 16.3.